The van der Waals surface area contributed by atoms with E-state index in [0.717, 1.165) is 51.4 Å². The lowest BCUT2D eigenvalue weighted by Gasteiger charge is -2.22. The van der Waals surface area contributed by atoms with Crippen LogP contribution in [-0.2, 0) is 14.3 Å². The van der Waals surface area contributed by atoms with Crippen molar-refractivity contribution in [2.75, 3.05) is 13.2 Å². The maximum Gasteiger partial charge on any atom is 0.305 e. The zero-order valence-electron chi connectivity index (χ0n) is 49.8. The number of hydrogen-bond donors (Lipinski definition) is 3. The van der Waals surface area contributed by atoms with Gasteiger partial charge in [0.2, 0.25) is 5.91 Å². The molecule has 0 aliphatic rings. The molecule has 0 bridgehead atoms. The molecule has 0 aliphatic heterocycles. The van der Waals surface area contributed by atoms with Gasteiger partial charge in [0, 0.05) is 12.8 Å². The Bertz CT molecular complexity index is 1200. The lowest BCUT2D eigenvalue weighted by Crippen LogP contribution is -2.45. The first-order valence-corrected chi connectivity index (χ1v) is 33.2. The maximum atomic E-state index is 12.4. The molecular formula is C68H129NO5. The van der Waals surface area contributed by atoms with Gasteiger partial charge in [-0.2, -0.15) is 0 Å². The number of nitrogens with one attached hydrogen (secondary N) is 1. The smallest absolute Gasteiger partial charge is 0.305 e. The highest BCUT2D eigenvalue weighted by Crippen LogP contribution is 2.18. The molecule has 0 aliphatic carbocycles. The van der Waals surface area contributed by atoms with Crippen LogP contribution in [0.4, 0.5) is 0 Å². The Morgan fingerprint density at radius 1 is 0.378 bits per heavy atom. The van der Waals surface area contributed by atoms with Crippen LogP contribution in [0.25, 0.3) is 0 Å². The van der Waals surface area contributed by atoms with Crippen LogP contribution >= 0.6 is 0 Å². The van der Waals surface area contributed by atoms with E-state index in [1.54, 1.807) is 0 Å². The second-order valence-corrected chi connectivity index (χ2v) is 22.8. The van der Waals surface area contributed by atoms with Gasteiger partial charge in [0.15, 0.2) is 0 Å². The highest BCUT2D eigenvalue weighted by Gasteiger charge is 2.20. The van der Waals surface area contributed by atoms with E-state index in [0.29, 0.717) is 25.9 Å². The van der Waals surface area contributed by atoms with Crippen LogP contribution in [0.3, 0.4) is 0 Å². The van der Waals surface area contributed by atoms with Gasteiger partial charge in [0.05, 0.1) is 25.4 Å². The molecule has 0 rings (SSSR count). The first kappa shape index (κ1) is 72.1. The van der Waals surface area contributed by atoms with Gasteiger partial charge in [-0.1, -0.05) is 301 Å². The van der Waals surface area contributed by atoms with E-state index in [1.807, 2.05) is 0 Å². The van der Waals surface area contributed by atoms with E-state index in [2.05, 4.69) is 55.6 Å². The van der Waals surface area contributed by atoms with Gasteiger partial charge in [-0.05, 0) is 83.5 Å². The molecule has 6 nitrogen and oxygen atoms in total. The molecular weight excluding hydrogens is 911 g/mol. The lowest BCUT2D eigenvalue weighted by atomic mass is 10.0. The summed E-state index contributed by atoms with van der Waals surface area (Å²) in [4.78, 5) is 24.5. The van der Waals surface area contributed by atoms with E-state index >= 15 is 0 Å². The molecule has 0 radical (unpaired) electrons. The fraction of sp³-hybridized carbons (Fsp3) is 0.882. The Morgan fingerprint density at radius 2 is 0.676 bits per heavy atom. The predicted octanol–water partition coefficient (Wildman–Crippen LogP) is 21.1. The average Bonchev–Trinajstić information content (AvgIpc) is 3.40. The van der Waals surface area contributed by atoms with Crippen molar-refractivity contribution in [3.8, 4) is 0 Å². The molecule has 0 heterocycles. The summed E-state index contributed by atoms with van der Waals surface area (Å²) in [6, 6.07) is -0.539. The minimum atomic E-state index is -0.661. The number of hydrogen-bond acceptors (Lipinski definition) is 5. The minimum Gasteiger partial charge on any atom is -0.466 e. The summed E-state index contributed by atoms with van der Waals surface area (Å²) < 4.78 is 5.50. The van der Waals surface area contributed by atoms with Crippen molar-refractivity contribution in [1.82, 2.24) is 5.32 Å². The molecule has 6 heteroatoms. The van der Waals surface area contributed by atoms with Crippen LogP contribution in [0.5, 0.6) is 0 Å². The van der Waals surface area contributed by atoms with Gasteiger partial charge in [0.1, 0.15) is 0 Å². The molecule has 1 amide bonds. The number of esters is 1. The Labute approximate surface area is 462 Å². The number of rotatable bonds is 62. The quantitative estimate of drug-likeness (QED) is 0.0320. The van der Waals surface area contributed by atoms with Crippen LogP contribution < -0.4 is 5.32 Å². The first-order chi connectivity index (χ1) is 36.5. The number of unbranched alkanes of at least 4 members (excludes halogenated alkanes) is 45. The van der Waals surface area contributed by atoms with E-state index in [1.165, 1.54) is 276 Å². The van der Waals surface area contributed by atoms with Gasteiger partial charge in [-0.15, -0.1) is 0 Å². The standard InChI is InChI=1S/C68H129NO5/c1-3-5-7-9-11-13-14-15-16-17-29-33-36-39-42-46-50-54-58-62-68(73)74-63-59-55-51-47-43-40-37-34-31-28-26-24-22-20-18-19-21-23-25-27-30-32-35-38-41-45-49-53-57-61-67(72)69-65(64-70)66(71)60-56-52-48-44-12-10-8-6-4-2/h11,13,15-16,18,20,65-66,70-71H,3-10,12,14,17,19,21-64H2,1-2H3,(H,69,72)/b13-11-,16-15-,20-18-. The summed E-state index contributed by atoms with van der Waals surface area (Å²) in [5, 5.41) is 23.1. The fourth-order valence-corrected chi connectivity index (χ4v) is 10.3. The molecule has 0 spiro atoms. The van der Waals surface area contributed by atoms with E-state index in [9.17, 15) is 19.8 Å². The molecule has 0 aromatic rings. The Morgan fingerprint density at radius 3 is 1.07 bits per heavy atom. The van der Waals surface area contributed by atoms with Gasteiger partial charge in [-0.3, -0.25) is 9.59 Å². The third kappa shape index (κ3) is 59.3. The summed E-state index contributed by atoms with van der Waals surface area (Å²) in [5.41, 5.74) is 0. The Hall–Kier alpha value is -1.92. The van der Waals surface area contributed by atoms with Crippen molar-refractivity contribution in [3.63, 3.8) is 0 Å². The second kappa shape index (κ2) is 63.6. The SMILES string of the molecule is CCCCC/C=C\C/C=C\CCCCCCCCCCCC(=O)OCCCCCCCCCCCCCC/C=C\CCCCCCCCCCCCCCCC(=O)NC(CO)C(O)CCCCCCCCCCC. The van der Waals surface area contributed by atoms with Gasteiger partial charge in [0.25, 0.3) is 0 Å². The number of allylic oxidation sites excluding steroid dienone is 6. The molecule has 436 valence electrons. The number of ether oxygens (including phenoxy) is 1. The van der Waals surface area contributed by atoms with Crippen molar-refractivity contribution >= 4 is 11.9 Å². The zero-order valence-corrected chi connectivity index (χ0v) is 49.8. The van der Waals surface area contributed by atoms with Crippen LogP contribution in [0.1, 0.15) is 361 Å². The third-order valence-corrected chi connectivity index (χ3v) is 15.4. The largest absolute Gasteiger partial charge is 0.466 e. The molecule has 0 fully saturated rings. The topological polar surface area (TPSA) is 95.9 Å². The highest BCUT2D eigenvalue weighted by molar-refractivity contribution is 5.76. The summed E-state index contributed by atoms with van der Waals surface area (Å²) in [5.74, 6) is -0.0228. The van der Waals surface area contributed by atoms with Gasteiger partial charge >= 0.3 is 5.97 Å². The van der Waals surface area contributed by atoms with Crippen molar-refractivity contribution < 1.29 is 24.5 Å². The van der Waals surface area contributed by atoms with E-state index in [4.69, 9.17) is 4.74 Å². The summed E-state index contributed by atoms with van der Waals surface area (Å²) >= 11 is 0. The Balaban J connectivity index is 3.33. The summed E-state index contributed by atoms with van der Waals surface area (Å²) in [6.45, 7) is 4.92. The molecule has 0 aromatic heterocycles. The minimum absolute atomic E-state index is 0.0128. The monoisotopic (exact) mass is 1040 g/mol. The van der Waals surface area contributed by atoms with E-state index < -0.39 is 12.1 Å². The first-order valence-electron chi connectivity index (χ1n) is 33.2. The van der Waals surface area contributed by atoms with Crippen LogP contribution in [0, 0.1) is 0 Å². The van der Waals surface area contributed by atoms with Crippen molar-refractivity contribution in [2.45, 2.75) is 373 Å². The van der Waals surface area contributed by atoms with E-state index in [-0.39, 0.29) is 18.5 Å². The van der Waals surface area contributed by atoms with Crippen molar-refractivity contribution in [1.29, 1.82) is 0 Å². The predicted molar refractivity (Wildman–Crippen MR) is 324 cm³/mol. The lowest BCUT2D eigenvalue weighted by molar-refractivity contribution is -0.143. The molecule has 0 saturated heterocycles. The average molecular weight is 1040 g/mol. The fourth-order valence-electron chi connectivity index (χ4n) is 10.3. The number of carbonyl (C=O) groups is 2. The van der Waals surface area contributed by atoms with Crippen LogP contribution in [0.2, 0.25) is 0 Å². The van der Waals surface area contributed by atoms with Crippen LogP contribution in [-0.4, -0.2) is 47.4 Å². The van der Waals surface area contributed by atoms with Gasteiger partial charge in [-0.25, -0.2) is 0 Å². The van der Waals surface area contributed by atoms with Crippen molar-refractivity contribution in [3.05, 3.63) is 36.5 Å². The molecule has 0 saturated carbocycles. The maximum absolute atomic E-state index is 12.4. The number of carbonyl (C=O) groups excluding carboxylic acids is 2. The highest BCUT2D eigenvalue weighted by atomic mass is 16.5. The number of aliphatic hydroxyl groups excluding tert-OH is 2. The third-order valence-electron chi connectivity index (χ3n) is 15.4. The van der Waals surface area contributed by atoms with Crippen LogP contribution in [0.15, 0.2) is 36.5 Å². The zero-order chi connectivity index (χ0) is 53.6. The molecule has 2 atom stereocenters. The Kier molecular flexibility index (Phi) is 62.0. The summed E-state index contributed by atoms with van der Waals surface area (Å²) in [7, 11) is 0. The molecule has 0 aromatic carbocycles. The van der Waals surface area contributed by atoms with Gasteiger partial charge < -0.3 is 20.3 Å². The van der Waals surface area contributed by atoms with Crippen molar-refractivity contribution in [2.24, 2.45) is 0 Å². The number of aliphatic hydroxyl groups is 2. The normalized spacial score (nSPS) is 12.8. The molecule has 3 N–H and O–H groups in total. The molecule has 2 unspecified atom stereocenters. The molecule has 74 heavy (non-hydrogen) atoms. The summed E-state index contributed by atoms with van der Waals surface area (Å²) in [6.07, 6.45) is 80.5. The second-order valence-electron chi connectivity index (χ2n) is 22.8. The number of amides is 1.